The topological polar surface area (TPSA) is 82.6 Å². The molecule has 0 bridgehead atoms. The Labute approximate surface area is 207 Å². The molecule has 4 rings (SSSR count). The molecule has 190 valence electrons. The predicted octanol–water partition coefficient (Wildman–Crippen LogP) is 2.48. The third kappa shape index (κ3) is 6.24. The van der Waals surface area contributed by atoms with Crippen LogP contribution in [0.25, 0.3) is 0 Å². The number of β-amino-alcohol motifs (C(OH)–C–C–N with tert-alkyl or cyclic N) is 1. The maximum absolute atomic E-state index is 13.2. The highest BCUT2D eigenvalue weighted by Crippen LogP contribution is 2.30. The van der Waals surface area contributed by atoms with Gasteiger partial charge in [0.15, 0.2) is 0 Å². The largest absolute Gasteiger partial charge is 0.491 e. The molecule has 2 atom stereocenters. The molecule has 0 radical (unpaired) electrons. The van der Waals surface area contributed by atoms with E-state index in [9.17, 15) is 14.7 Å². The van der Waals surface area contributed by atoms with Crippen LogP contribution in [0.1, 0.15) is 44.0 Å². The summed E-state index contributed by atoms with van der Waals surface area (Å²) in [6.45, 7) is 10.3. The Morgan fingerprint density at radius 3 is 2.86 bits per heavy atom. The van der Waals surface area contributed by atoms with Gasteiger partial charge < -0.3 is 24.4 Å². The first-order valence-electron chi connectivity index (χ1n) is 12.5. The quantitative estimate of drug-likeness (QED) is 0.642. The molecule has 8 heteroatoms. The zero-order valence-corrected chi connectivity index (χ0v) is 21.0. The smallest absolute Gasteiger partial charge is 0.257 e. The Bertz CT molecular complexity index is 1000. The summed E-state index contributed by atoms with van der Waals surface area (Å²) in [5.74, 6) is 1.04. The lowest BCUT2D eigenvalue weighted by Crippen LogP contribution is -2.44. The van der Waals surface area contributed by atoms with Crippen LogP contribution < -0.4 is 9.47 Å². The van der Waals surface area contributed by atoms with Crippen LogP contribution in [0.5, 0.6) is 11.5 Å². The molecule has 3 heterocycles. The van der Waals surface area contributed by atoms with E-state index in [1.54, 1.807) is 34.9 Å². The third-order valence-electron chi connectivity index (χ3n) is 7.00. The minimum atomic E-state index is -0.639. The number of aliphatic hydroxyl groups is 1. The molecule has 1 aromatic carbocycles. The lowest BCUT2D eigenvalue weighted by Gasteiger charge is -2.32. The number of carbonyl (C=O) groups is 2. The summed E-state index contributed by atoms with van der Waals surface area (Å²) < 4.78 is 11.9. The lowest BCUT2D eigenvalue weighted by atomic mass is 10.0. The van der Waals surface area contributed by atoms with Crippen molar-refractivity contribution >= 4 is 11.8 Å². The van der Waals surface area contributed by atoms with Crippen LogP contribution in [0, 0.1) is 0 Å². The van der Waals surface area contributed by atoms with Gasteiger partial charge in [0.2, 0.25) is 5.91 Å². The first-order valence-corrected chi connectivity index (χ1v) is 12.5. The number of aliphatic hydroxyl groups excluding tert-OH is 1. The number of ether oxygens (including phenoxy) is 2. The van der Waals surface area contributed by atoms with Crippen LogP contribution in [0.2, 0.25) is 0 Å². The number of rotatable bonds is 7. The Kier molecular flexibility index (Phi) is 8.13. The molecule has 1 aromatic rings. The maximum atomic E-state index is 13.2. The number of likely N-dealkylation sites (tertiary alicyclic amines) is 1. The third-order valence-corrected chi connectivity index (χ3v) is 7.00. The van der Waals surface area contributed by atoms with Crippen molar-refractivity contribution in [3.8, 4) is 11.5 Å². The minimum Gasteiger partial charge on any atom is -0.491 e. The zero-order valence-electron chi connectivity index (χ0n) is 21.0. The molecule has 0 aromatic heterocycles. The van der Waals surface area contributed by atoms with E-state index in [4.69, 9.17) is 9.47 Å². The zero-order chi connectivity index (χ0) is 24.9. The van der Waals surface area contributed by atoms with Crippen molar-refractivity contribution in [2.75, 3.05) is 52.4 Å². The van der Waals surface area contributed by atoms with Crippen LogP contribution in [-0.4, -0.2) is 96.2 Å². The Hall–Kier alpha value is -2.84. The van der Waals surface area contributed by atoms with Gasteiger partial charge in [-0.2, -0.15) is 0 Å². The summed E-state index contributed by atoms with van der Waals surface area (Å²) >= 11 is 0. The molecule has 2 amide bonds. The van der Waals surface area contributed by atoms with E-state index in [0.29, 0.717) is 49.8 Å². The fourth-order valence-corrected chi connectivity index (χ4v) is 4.99. The van der Waals surface area contributed by atoms with Crippen LogP contribution >= 0.6 is 0 Å². The van der Waals surface area contributed by atoms with Gasteiger partial charge in [0.25, 0.3) is 5.91 Å². The molecule has 1 fully saturated rings. The van der Waals surface area contributed by atoms with Crippen LogP contribution in [0.3, 0.4) is 0 Å². The second-order valence-corrected chi connectivity index (χ2v) is 9.70. The van der Waals surface area contributed by atoms with E-state index in [1.807, 2.05) is 6.92 Å². The average molecular weight is 484 g/mol. The summed E-state index contributed by atoms with van der Waals surface area (Å²) in [5, 5.41) is 10.8. The first-order chi connectivity index (χ1) is 16.8. The van der Waals surface area contributed by atoms with Gasteiger partial charge in [-0.25, -0.2) is 0 Å². The number of nitrogens with zero attached hydrogens (tertiary/aromatic N) is 3. The van der Waals surface area contributed by atoms with Gasteiger partial charge in [0.1, 0.15) is 24.2 Å². The Morgan fingerprint density at radius 1 is 1.29 bits per heavy atom. The first kappa shape index (κ1) is 25.3. The second-order valence-electron chi connectivity index (χ2n) is 9.70. The molecular formula is C27H37N3O5. The number of carbonyl (C=O) groups excluding carboxylic acids is 2. The molecule has 0 saturated carbocycles. The molecule has 0 aliphatic carbocycles. The van der Waals surface area contributed by atoms with Gasteiger partial charge in [0, 0.05) is 52.1 Å². The van der Waals surface area contributed by atoms with E-state index >= 15 is 0 Å². The van der Waals surface area contributed by atoms with E-state index in [1.165, 1.54) is 11.1 Å². The lowest BCUT2D eigenvalue weighted by molar-refractivity contribution is -0.128. The van der Waals surface area contributed by atoms with Crippen molar-refractivity contribution in [1.82, 2.24) is 14.7 Å². The number of fused-ring (bicyclic) bond motifs is 1. The summed E-state index contributed by atoms with van der Waals surface area (Å²) in [7, 11) is 0. The predicted molar refractivity (Wildman–Crippen MR) is 134 cm³/mol. The summed E-state index contributed by atoms with van der Waals surface area (Å²) in [5.41, 5.74) is 3.19. The summed E-state index contributed by atoms with van der Waals surface area (Å²) in [6.07, 6.45) is 5.27. The van der Waals surface area contributed by atoms with Crippen molar-refractivity contribution in [3.63, 3.8) is 0 Å². The highest BCUT2D eigenvalue weighted by Gasteiger charge is 2.29. The summed E-state index contributed by atoms with van der Waals surface area (Å²) in [6, 6.07) is 5.27. The van der Waals surface area contributed by atoms with Crippen molar-refractivity contribution in [2.24, 2.45) is 0 Å². The molecule has 0 spiro atoms. The van der Waals surface area contributed by atoms with E-state index < -0.39 is 6.10 Å². The summed E-state index contributed by atoms with van der Waals surface area (Å²) in [4.78, 5) is 30.5. The maximum Gasteiger partial charge on any atom is 0.257 e. The highest BCUT2D eigenvalue weighted by molar-refractivity contribution is 5.97. The number of benzene rings is 1. The molecule has 8 nitrogen and oxygen atoms in total. The highest BCUT2D eigenvalue weighted by atomic mass is 16.5. The molecule has 1 N–H and O–H groups in total. The van der Waals surface area contributed by atoms with Crippen molar-refractivity contribution < 1.29 is 24.2 Å². The van der Waals surface area contributed by atoms with Crippen LogP contribution in [0.15, 0.2) is 41.5 Å². The molecular weight excluding hydrogens is 446 g/mol. The van der Waals surface area contributed by atoms with Gasteiger partial charge in [0.05, 0.1) is 24.8 Å². The molecule has 1 unspecified atom stereocenters. The van der Waals surface area contributed by atoms with E-state index in [-0.39, 0.29) is 24.5 Å². The van der Waals surface area contributed by atoms with Crippen LogP contribution in [-0.2, 0) is 4.79 Å². The molecule has 1 saturated heterocycles. The number of allylic oxidation sites excluding steroid dienone is 1. The van der Waals surface area contributed by atoms with Gasteiger partial charge >= 0.3 is 0 Å². The minimum absolute atomic E-state index is 0.0549. The average Bonchev–Trinajstić information content (AvgIpc) is 3.23. The Morgan fingerprint density at radius 2 is 2.11 bits per heavy atom. The van der Waals surface area contributed by atoms with Crippen molar-refractivity contribution in [1.29, 1.82) is 0 Å². The standard InChI is InChI=1S/C27H37N3O5/c1-4-5-21-15-28(10-8-19(21)2)16-22(32)17-30-12-13-34-26-14-23(6-7-25(26)27(30)33)35-24-9-11-29(18-24)20(3)31/h4-7,14,22,24,32H,8-13,15-18H2,1-3H3/b5-4-/t22-,24?/m1/s1. The number of amides is 2. The normalized spacial score (nSPS) is 22.3. The van der Waals surface area contributed by atoms with Gasteiger partial charge in [-0.15, -0.1) is 0 Å². The van der Waals surface area contributed by atoms with E-state index in [0.717, 1.165) is 25.9 Å². The number of hydrogen-bond donors (Lipinski definition) is 1. The van der Waals surface area contributed by atoms with Gasteiger partial charge in [-0.1, -0.05) is 17.7 Å². The molecule has 3 aliphatic heterocycles. The fourth-order valence-electron chi connectivity index (χ4n) is 4.99. The van der Waals surface area contributed by atoms with Gasteiger partial charge in [-0.3, -0.25) is 14.5 Å². The Balaban J connectivity index is 1.35. The van der Waals surface area contributed by atoms with Crippen molar-refractivity contribution in [2.45, 2.75) is 45.8 Å². The molecule has 35 heavy (non-hydrogen) atoms. The van der Waals surface area contributed by atoms with Gasteiger partial charge in [-0.05, 0) is 38.0 Å². The van der Waals surface area contributed by atoms with Crippen LogP contribution in [0.4, 0.5) is 0 Å². The second kappa shape index (κ2) is 11.3. The van der Waals surface area contributed by atoms with E-state index in [2.05, 4.69) is 24.0 Å². The monoisotopic (exact) mass is 483 g/mol. The number of hydrogen-bond acceptors (Lipinski definition) is 6. The fraction of sp³-hybridized carbons (Fsp3) is 0.556. The van der Waals surface area contributed by atoms with Crippen molar-refractivity contribution in [3.05, 3.63) is 47.1 Å². The SMILES string of the molecule is C/C=C\C1=C(C)CCN(C[C@@H](O)CN2CCOc3cc(OC4CCN(C(C)=O)C4)ccc3C2=O)C1. The molecule has 3 aliphatic rings.